The van der Waals surface area contributed by atoms with E-state index in [0.717, 1.165) is 16.4 Å². The first kappa shape index (κ1) is 18.7. The van der Waals surface area contributed by atoms with Gasteiger partial charge in [0.15, 0.2) is 11.6 Å². The lowest BCUT2D eigenvalue weighted by molar-refractivity contribution is 0.102. The molecule has 0 spiro atoms. The van der Waals surface area contributed by atoms with E-state index in [2.05, 4.69) is 5.32 Å². The maximum Gasteiger partial charge on any atom is 0.256 e. The van der Waals surface area contributed by atoms with Crippen LogP contribution in [-0.2, 0) is 10.0 Å². The zero-order chi connectivity index (χ0) is 18.1. The zero-order valence-electron chi connectivity index (χ0n) is 12.7. The first-order valence-electron chi connectivity index (χ1n) is 6.61. The Labute approximate surface area is 151 Å². The van der Waals surface area contributed by atoms with Crippen LogP contribution >= 0.6 is 22.6 Å². The summed E-state index contributed by atoms with van der Waals surface area (Å²) in [6.45, 7) is 0. The first-order chi connectivity index (χ1) is 11.1. The van der Waals surface area contributed by atoms with Crippen LogP contribution in [0.2, 0.25) is 0 Å². The monoisotopic (exact) mass is 466 g/mol. The van der Waals surface area contributed by atoms with Crippen LogP contribution < -0.4 is 5.32 Å². The molecule has 0 bridgehead atoms. The SMILES string of the molecule is CN(C)S(=O)(=O)c1ccc(I)c(C(=O)Nc2ccc(F)c(F)c2)c1. The van der Waals surface area contributed by atoms with Crippen LogP contribution in [-0.4, -0.2) is 32.7 Å². The number of nitrogens with one attached hydrogen (secondary N) is 1. The van der Waals surface area contributed by atoms with E-state index >= 15 is 0 Å². The van der Waals surface area contributed by atoms with Crippen LogP contribution in [0.25, 0.3) is 0 Å². The Morgan fingerprint density at radius 3 is 2.33 bits per heavy atom. The molecule has 0 saturated heterocycles. The van der Waals surface area contributed by atoms with Crippen molar-refractivity contribution in [3.63, 3.8) is 0 Å². The molecule has 0 saturated carbocycles. The van der Waals surface area contributed by atoms with E-state index in [-0.39, 0.29) is 16.1 Å². The highest BCUT2D eigenvalue weighted by Gasteiger charge is 2.20. The number of sulfonamides is 1. The van der Waals surface area contributed by atoms with Crippen LogP contribution in [0.15, 0.2) is 41.3 Å². The maximum absolute atomic E-state index is 13.2. The van der Waals surface area contributed by atoms with Crippen molar-refractivity contribution >= 4 is 44.2 Å². The molecule has 0 fully saturated rings. The highest BCUT2D eigenvalue weighted by atomic mass is 127. The summed E-state index contributed by atoms with van der Waals surface area (Å²) in [6, 6.07) is 7.09. The summed E-state index contributed by atoms with van der Waals surface area (Å²) < 4.78 is 52.0. The third-order valence-electron chi connectivity index (χ3n) is 3.14. The van der Waals surface area contributed by atoms with Gasteiger partial charge in [-0.15, -0.1) is 0 Å². The van der Waals surface area contributed by atoms with E-state index in [4.69, 9.17) is 0 Å². The van der Waals surface area contributed by atoms with Gasteiger partial charge in [0.2, 0.25) is 10.0 Å². The average molecular weight is 466 g/mol. The minimum absolute atomic E-state index is 0.0386. The third-order valence-corrected chi connectivity index (χ3v) is 5.89. The molecule has 2 rings (SSSR count). The number of hydrogen-bond acceptors (Lipinski definition) is 3. The Morgan fingerprint density at radius 1 is 1.08 bits per heavy atom. The van der Waals surface area contributed by atoms with Crippen molar-refractivity contribution in [2.75, 3.05) is 19.4 Å². The Bertz CT molecular complexity index is 902. The number of hydrogen-bond donors (Lipinski definition) is 1. The summed E-state index contributed by atoms with van der Waals surface area (Å²) in [5.74, 6) is -2.74. The van der Waals surface area contributed by atoms with Crippen molar-refractivity contribution in [2.24, 2.45) is 0 Å². The Kier molecular flexibility index (Phi) is 5.56. The minimum Gasteiger partial charge on any atom is -0.322 e. The summed E-state index contributed by atoms with van der Waals surface area (Å²) in [6.07, 6.45) is 0. The van der Waals surface area contributed by atoms with Gasteiger partial charge in [-0.05, 0) is 52.9 Å². The standard InChI is InChI=1S/C15H13F2IN2O3S/c1-20(2)24(22,23)10-4-6-14(18)11(8-10)15(21)19-9-3-5-12(16)13(17)7-9/h3-8H,1-2H3,(H,19,21). The van der Waals surface area contributed by atoms with Gasteiger partial charge in [-0.1, -0.05) is 0 Å². The molecule has 2 aromatic rings. The molecule has 2 aromatic carbocycles. The fourth-order valence-corrected chi connectivity index (χ4v) is 3.33. The number of rotatable bonds is 4. The Morgan fingerprint density at radius 2 is 1.75 bits per heavy atom. The number of benzene rings is 2. The molecule has 0 atom stereocenters. The van der Waals surface area contributed by atoms with Crippen LogP contribution in [0.5, 0.6) is 0 Å². The van der Waals surface area contributed by atoms with Crippen molar-refractivity contribution in [1.29, 1.82) is 0 Å². The number of halogens is 3. The van der Waals surface area contributed by atoms with Gasteiger partial charge in [-0.3, -0.25) is 4.79 Å². The summed E-state index contributed by atoms with van der Waals surface area (Å²) in [7, 11) is -0.928. The van der Waals surface area contributed by atoms with E-state index in [9.17, 15) is 22.0 Å². The van der Waals surface area contributed by atoms with Crippen LogP contribution in [0.3, 0.4) is 0 Å². The molecule has 0 aromatic heterocycles. The molecule has 0 aliphatic carbocycles. The highest BCUT2D eigenvalue weighted by Crippen LogP contribution is 2.21. The van der Waals surface area contributed by atoms with Crippen LogP contribution in [0.1, 0.15) is 10.4 Å². The van der Waals surface area contributed by atoms with E-state index in [1.54, 1.807) is 0 Å². The molecule has 5 nitrogen and oxygen atoms in total. The van der Waals surface area contributed by atoms with Gasteiger partial charge in [-0.25, -0.2) is 21.5 Å². The predicted octanol–water partition coefficient (Wildman–Crippen LogP) is 3.07. The predicted molar refractivity (Wildman–Crippen MR) is 94.3 cm³/mol. The molecule has 0 unspecified atom stereocenters. The number of nitrogens with zero attached hydrogens (tertiary/aromatic N) is 1. The normalized spacial score (nSPS) is 11.6. The molecule has 1 amide bonds. The van der Waals surface area contributed by atoms with Crippen molar-refractivity contribution in [3.05, 3.63) is 57.2 Å². The molecule has 1 N–H and O–H groups in total. The number of carbonyl (C=O) groups excluding carboxylic acids is 1. The van der Waals surface area contributed by atoms with Gasteiger partial charge in [0, 0.05) is 29.4 Å². The number of anilines is 1. The van der Waals surface area contributed by atoms with Gasteiger partial charge < -0.3 is 5.32 Å². The van der Waals surface area contributed by atoms with Gasteiger partial charge in [-0.2, -0.15) is 0 Å². The minimum atomic E-state index is -3.69. The largest absolute Gasteiger partial charge is 0.322 e. The summed E-state index contributed by atoms with van der Waals surface area (Å²) in [5.41, 5.74) is 0.179. The quantitative estimate of drug-likeness (QED) is 0.705. The topological polar surface area (TPSA) is 66.5 Å². The fourth-order valence-electron chi connectivity index (χ4n) is 1.82. The second-order valence-corrected chi connectivity index (χ2v) is 8.33. The van der Waals surface area contributed by atoms with Crippen molar-refractivity contribution in [3.8, 4) is 0 Å². The van der Waals surface area contributed by atoms with E-state index in [1.807, 2.05) is 22.6 Å². The lowest BCUT2D eigenvalue weighted by Crippen LogP contribution is -2.23. The molecule has 9 heteroatoms. The maximum atomic E-state index is 13.2. The van der Waals surface area contributed by atoms with Crippen LogP contribution in [0.4, 0.5) is 14.5 Å². The van der Waals surface area contributed by atoms with Crippen LogP contribution in [0, 0.1) is 15.2 Å². The number of amides is 1. The summed E-state index contributed by atoms with van der Waals surface area (Å²) >= 11 is 1.89. The van der Waals surface area contributed by atoms with Crippen molar-refractivity contribution in [2.45, 2.75) is 4.90 Å². The van der Waals surface area contributed by atoms with Gasteiger partial charge in [0.05, 0.1) is 10.5 Å². The lowest BCUT2D eigenvalue weighted by Gasteiger charge is -2.13. The van der Waals surface area contributed by atoms with Gasteiger partial charge in [0.1, 0.15) is 0 Å². The van der Waals surface area contributed by atoms with E-state index in [1.165, 1.54) is 38.4 Å². The molecule has 0 aliphatic rings. The third kappa shape index (κ3) is 3.90. The fraction of sp³-hybridized carbons (Fsp3) is 0.133. The molecular formula is C15H13F2IN2O3S. The number of carbonyl (C=O) groups is 1. The molecular weight excluding hydrogens is 453 g/mol. The van der Waals surface area contributed by atoms with E-state index in [0.29, 0.717) is 3.57 Å². The average Bonchev–Trinajstić information content (AvgIpc) is 2.51. The second kappa shape index (κ2) is 7.11. The zero-order valence-corrected chi connectivity index (χ0v) is 15.7. The molecule has 0 radical (unpaired) electrons. The molecule has 128 valence electrons. The summed E-state index contributed by atoms with van der Waals surface area (Å²) in [4.78, 5) is 12.3. The smallest absolute Gasteiger partial charge is 0.256 e. The molecule has 24 heavy (non-hydrogen) atoms. The van der Waals surface area contributed by atoms with Crippen molar-refractivity contribution in [1.82, 2.24) is 4.31 Å². The second-order valence-electron chi connectivity index (χ2n) is 5.01. The molecule has 0 aliphatic heterocycles. The van der Waals surface area contributed by atoms with E-state index < -0.39 is 27.6 Å². The highest BCUT2D eigenvalue weighted by molar-refractivity contribution is 14.1. The molecule has 0 heterocycles. The summed E-state index contributed by atoms with van der Waals surface area (Å²) in [5, 5.41) is 2.42. The van der Waals surface area contributed by atoms with Gasteiger partial charge in [0.25, 0.3) is 5.91 Å². The van der Waals surface area contributed by atoms with Gasteiger partial charge >= 0.3 is 0 Å². The Balaban J connectivity index is 2.37. The lowest BCUT2D eigenvalue weighted by atomic mass is 10.2. The van der Waals surface area contributed by atoms with Crippen molar-refractivity contribution < 1.29 is 22.0 Å². The Hall–Kier alpha value is -1.59. The first-order valence-corrected chi connectivity index (χ1v) is 9.13.